The third-order valence-electron chi connectivity index (χ3n) is 3.10. The molecule has 4 rings (SSSR count). The second-order valence-corrected chi connectivity index (χ2v) is 4.06. The molecule has 0 saturated heterocycles. The van der Waals surface area contributed by atoms with E-state index in [1.54, 1.807) is 12.5 Å². The SMILES string of the molecule is Nc1nnc2c3ccccc3n3cnncc3c1-2. The van der Waals surface area contributed by atoms with Crippen molar-refractivity contribution in [2.75, 3.05) is 5.73 Å². The first-order valence-electron chi connectivity index (χ1n) is 5.47. The predicted octanol–water partition coefficient (Wildman–Crippen LogP) is 1.36. The normalized spacial score (nSPS) is 11.6. The van der Waals surface area contributed by atoms with Crippen LogP contribution in [0.25, 0.3) is 27.7 Å². The van der Waals surface area contributed by atoms with Crippen LogP contribution in [0.4, 0.5) is 5.82 Å². The number of benzene rings is 1. The first-order valence-corrected chi connectivity index (χ1v) is 5.47. The largest absolute Gasteiger partial charge is 0.382 e. The van der Waals surface area contributed by atoms with Gasteiger partial charge in [-0.15, -0.1) is 15.3 Å². The lowest BCUT2D eigenvalue weighted by Crippen LogP contribution is -1.99. The topological polar surface area (TPSA) is 82.0 Å². The van der Waals surface area contributed by atoms with E-state index >= 15 is 0 Å². The Morgan fingerprint density at radius 1 is 1.00 bits per heavy atom. The van der Waals surface area contributed by atoms with E-state index in [-0.39, 0.29) is 0 Å². The molecule has 0 aliphatic carbocycles. The molecule has 2 aromatic rings. The quantitative estimate of drug-likeness (QED) is 0.466. The Labute approximate surface area is 101 Å². The molecule has 2 N–H and O–H groups in total. The maximum Gasteiger partial charge on any atom is 0.157 e. The van der Waals surface area contributed by atoms with Crippen molar-refractivity contribution in [1.29, 1.82) is 0 Å². The molecule has 0 atom stereocenters. The number of fused-ring (bicyclic) bond motifs is 6. The molecule has 6 heteroatoms. The fourth-order valence-electron chi connectivity index (χ4n) is 2.32. The van der Waals surface area contributed by atoms with Gasteiger partial charge >= 0.3 is 0 Å². The van der Waals surface area contributed by atoms with E-state index in [2.05, 4.69) is 20.4 Å². The van der Waals surface area contributed by atoms with Gasteiger partial charge in [-0.2, -0.15) is 5.10 Å². The first kappa shape index (κ1) is 9.29. The molecule has 3 heterocycles. The number of nitrogens with zero attached hydrogens (tertiary/aromatic N) is 5. The van der Waals surface area contributed by atoms with E-state index < -0.39 is 0 Å². The van der Waals surface area contributed by atoms with Crippen molar-refractivity contribution < 1.29 is 0 Å². The molecule has 18 heavy (non-hydrogen) atoms. The summed E-state index contributed by atoms with van der Waals surface area (Å²) in [6.07, 6.45) is 3.35. The van der Waals surface area contributed by atoms with Crippen LogP contribution in [0.3, 0.4) is 0 Å². The average molecular weight is 236 g/mol. The van der Waals surface area contributed by atoms with Crippen molar-refractivity contribution in [3.8, 4) is 11.3 Å². The number of para-hydroxylation sites is 1. The number of hydrogen-bond acceptors (Lipinski definition) is 5. The maximum atomic E-state index is 5.90. The summed E-state index contributed by atoms with van der Waals surface area (Å²) in [4.78, 5) is 0. The van der Waals surface area contributed by atoms with E-state index in [1.165, 1.54) is 0 Å². The minimum absolute atomic E-state index is 0.418. The summed E-state index contributed by atoms with van der Waals surface area (Å²) in [5.41, 5.74) is 9.39. The van der Waals surface area contributed by atoms with Crippen molar-refractivity contribution >= 4 is 22.2 Å². The van der Waals surface area contributed by atoms with Crippen LogP contribution in [-0.2, 0) is 0 Å². The predicted molar refractivity (Wildman–Crippen MR) is 67.1 cm³/mol. The van der Waals surface area contributed by atoms with Crippen molar-refractivity contribution in [2.24, 2.45) is 0 Å². The molecule has 0 unspecified atom stereocenters. The van der Waals surface area contributed by atoms with Crippen molar-refractivity contribution in [3.05, 3.63) is 36.8 Å². The summed E-state index contributed by atoms with van der Waals surface area (Å²) in [7, 11) is 0. The highest BCUT2D eigenvalue weighted by atomic mass is 15.2. The van der Waals surface area contributed by atoms with Crippen molar-refractivity contribution in [2.45, 2.75) is 0 Å². The minimum Gasteiger partial charge on any atom is -0.382 e. The lowest BCUT2D eigenvalue weighted by Gasteiger charge is -2.10. The van der Waals surface area contributed by atoms with Gasteiger partial charge in [0.05, 0.1) is 22.8 Å². The summed E-state index contributed by atoms with van der Waals surface area (Å²) in [5, 5.41) is 16.9. The number of aromatic nitrogens is 5. The summed E-state index contributed by atoms with van der Waals surface area (Å²) in [6.45, 7) is 0. The van der Waals surface area contributed by atoms with Gasteiger partial charge in [0, 0.05) is 5.39 Å². The Bertz CT molecular complexity index is 850. The fourth-order valence-corrected chi connectivity index (χ4v) is 2.32. The average Bonchev–Trinajstić information content (AvgIpc) is 2.82. The summed E-state index contributed by atoms with van der Waals surface area (Å²) < 4.78 is 1.95. The number of nitrogens with two attached hydrogens (primary N) is 1. The van der Waals surface area contributed by atoms with Crippen LogP contribution in [0.15, 0.2) is 36.8 Å². The fraction of sp³-hybridized carbons (Fsp3) is 0. The number of nitrogen functional groups attached to an aromatic ring is 1. The number of pyridine rings is 1. The zero-order chi connectivity index (χ0) is 12.1. The number of hydrogen-bond donors (Lipinski definition) is 1. The van der Waals surface area contributed by atoms with Gasteiger partial charge in [0.15, 0.2) is 5.82 Å². The lowest BCUT2D eigenvalue weighted by molar-refractivity contribution is 0.958. The molecule has 0 bridgehead atoms. The Kier molecular flexibility index (Phi) is 1.62. The molecule has 1 aromatic carbocycles. The van der Waals surface area contributed by atoms with Crippen LogP contribution < -0.4 is 5.73 Å². The number of rotatable bonds is 0. The molecule has 0 radical (unpaired) electrons. The zero-order valence-electron chi connectivity index (χ0n) is 9.28. The molecular formula is C12H8N6. The molecule has 0 spiro atoms. The third-order valence-corrected chi connectivity index (χ3v) is 3.10. The van der Waals surface area contributed by atoms with Crippen LogP contribution in [0.2, 0.25) is 0 Å². The summed E-state index contributed by atoms with van der Waals surface area (Å²) >= 11 is 0. The van der Waals surface area contributed by atoms with Gasteiger partial charge in [0.1, 0.15) is 12.0 Å². The van der Waals surface area contributed by atoms with E-state index in [1.807, 2.05) is 28.7 Å². The van der Waals surface area contributed by atoms with E-state index in [0.29, 0.717) is 5.82 Å². The molecule has 6 nitrogen and oxygen atoms in total. The molecule has 0 amide bonds. The first-order chi connectivity index (χ1) is 8.86. The van der Waals surface area contributed by atoms with E-state index in [0.717, 1.165) is 27.7 Å². The Balaban J connectivity index is 2.43. The minimum atomic E-state index is 0.418. The van der Waals surface area contributed by atoms with Gasteiger partial charge in [0.25, 0.3) is 0 Å². The molecule has 86 valence electrons. The van der Waals surface area contributed by atoms with Crippen molar-refractivity contribution in [3.63, 3.8) is 0 Å². The Morgan fingerprint density at radius 2 is 1.89 bits per heavy atom. The van der Waals surface area contributed by atoms with Gasteiger partial charge < -0.3 is 5.73 Å². The smallest absolute Gasteiger partial charge is 0.157 e. The zero-order valence-corrected chi connectivity index (χ0v) is 9.28. The maximum absolute atomic E-state index is 5.90. The van der Waals surface area contributed by atoms with Crippen molar-refractivity contribution in [1.82, 2.24) is 24.8 Å². The molecule has 1 aromatic heterocycles. The molecule has 2 aliphatic heterocycles. The van der Waals surface area contributed by atoms with Crippen LogP contribution in [0, 0.1) is 0 Å². The van der Waals surface area contributed by atoms with Crippen LogP contribution >= 0.6 is 0 Å². The Hall–Kier alpha value is -2.76. The number of anilines is 1. The Morgan fingerprint density at radius 3 is 2.83 bits per heavy atom. The highest BCUT2D eigenvalue weighted by Gasteiger charge is 2.19. The summed E-state index contributed by atoms with van der Waals surface area (Å²) in [5.74, 6) is 0.418. The molecular weight excluding hydrogens is 228 g/mol. The second kappa shape index (κ2) is 3.13. The van der Waals surface area contributed by atoms with Gasteiger partial charge in [-0.05, 0) is 6.07 Å². The monoisotopic (exact) mass is 236 g/mol. The van der Waals surface area contributed by atoms with Gasteiger partial charge in [-0.1, -0.05) is 18.2 Å². The molecule has 0 fully saturated rings. The lowest BCUT2D eigenvalue weighted by atomic mass is 10.1. The van der Waals surface area contributed by atoms with E-state index in [9.17, 15) is 0 Å². The van der Waals surface area contributed by atoms with Crippen LogP contribution in [0.5, 0.6) is 0 Å². The van der Waals surface area contributed by atoms with Crippen LogP contribution in [-0.4, -0.2) is 24.8 Å². The highest BCUT2D eigenvalue weighted by Crippen LogP contribution is 2.35. The second-order valence-electron chi connectivity index (χ2n) is 4.06. The van der Waals surface area contributed by atoms with Gasteiger partial charge in [0.2, 0.25) is 0 Å². The summed E-state index contributed by atoms with van der Waals surface area (Å²) in [6, 6.07) is 7.95. The van der Waals surface area contributed by atoms with Crippen LogP contribution in [0.1, 0.15) is 0 Å². The van der Waals surface area contributed by atoms with E-state index in [4.69, 9.17) is 5.73 Å². The third kappa shape index (κ3) is 1.01. The van der Waals surface area contributed by atoms with Gasteiger partial charge in [-0.3, -0.25) is 4.40 Å². The van der Waals surface area contributed by atoms with Gasteiger partial charge in [-0.25, -0.2) is 0 Å². The standard InChI is InChI=1S/C12H8N6/c13-12-10-9-5-14-15-6-18(9)8-4-2-1-3-7(8)11(10)16-17-12/h1-6H,(H2,13,17). The molecule has 0 saturated carbocycles. The highest BCUT2D eigenvalue weighted by molar-refractivity contribution is 6.03. The molecule has 2 aliphatic rings.